The predicted molar refractivity (Wildman–Crippen MR) is 230 cm³/mol. The van der Waals surface area contributed by atoms with Crippen LogP contribution >= 0.6 is 0 Å². The van der Waals surface area contributed by atoms with Crippen molar-refractivity contribution in [3.8, 4) is 22.4 Å². The number of methoxy groups -OCH3 is 2. The molecule has 61 heavy (non-hydrogen) atoms. The lowest BCUT2D eigenvalue weighted by atomic mass is 9.95. The lowest BCUT2D eigenvalue weighted by Crippen LogP contribution is -2.54. The van der Waals surface area contributed by atoms with Gasteiger partial charge in [0.1, 0.15) is 23.7 Å². The van der Waals surface area contributed by atoms with Gasteiger partial charge in [-0.25, -0.2) is 19.6 Å². The Morgan fingerprint density at radius 2 is 1.52 bits per heavy atom. The maximum atomic E-state index is 14.1. The molecule has 2 bridgehead atoms. The standard InChI is InChI=1S/C47H50N8O6/c1-26(2)38(52-46(58)60-3)45(57)55-33-19-16-32(24-33)41(55)43-48-25-36(50-43)28-14-12-27(13-15-28)30-17-20-34-31(23-30)18-21-35-40(34)51-42(49-35)37-11-8-22-54(37)44(56)39(53-47(59)61-4)29-9-6-5-7-10-29/h5-7,9-10,12-15,17-18,20-21,23,25-26,32-33,37-39,41H,8,11,16,19,22,24H2,1-4H3,(H,48,50)(H,49,51)(H,52,58)(H,53,59)/t32-,33+,37-,38-,39+,41-/m0/s1. The van der Waals surface area contributed by atoms with Crippen LogP contribution in [0.3, 0.4) is 0 Å². The van der Waals surface area contributed by atoms with Crippen molar-refractivity contribution >= 4 is 45.8 Å². The van der Waals surface area contributed by atoms with E-state index in [1.165, 1.54) is 14.2 Å². The zero-order valence-electron chi connectivity index (χ0n) is 34.7. The number of hydrogen-bond donors (Lipinski definition) is 4. The van der Waals surface area contributed by atoms with Crippen molar-refractivity contribution in [1.82, 2.24) is 40.4 Å². The van der Waals surface area contributed by atoms with Crippen LogP contribution in [0, 0.1) is 11.8 Å². The summed E-state index contributed by atoms with van der Waals surface area (Å²) < 4.78 is 9.69. The Morgan fingerprint density at radius 3 is 2.28 bits per heavy atom. The molecule has 314 valence electrons. The molecule has 4 aromatic carbocycles. The summed E-state index contributed by atoms with van der Waals surface area (Å²) >= 11 is 0. The minimum absolute atomic E-state index is 0.0972. The summed E-state index contributed by atoms with van der Waals surface area (Å²) in [5.74, 6) is 1.38. The van der Waals surface area contributed by atoms with Crippen LogP contribution in [0.15, 0.2) is 91.1 Å². The highest BCUT2D eigenvalue weighted by Gasteiger charge is 2.51. The molecule has 0 unspecified atom stereocenters. The molecule has 14 heteroatoms. The van der Waals surface area contributed by atoms with Gasteiger partial charge < -0.3 is 39.9 Å². The number of carbonyl (C=O) groups is 4. The number of H-pyrrole nitrogens is 2. The first kappa shape index (κ1) is 39.7. The third-order valence-electron chi connectivity index (χ3n) is 12.8. The van der Waals surface area contributed by atoms with Gasteiger partial charge in [0.25, 0.3) is 5.91 Å². The minimum Gasteiger partial charge on any atom is -0.453 e. The van der Waals surface area contributed by atoms with Crippen molar-refractivity contribution in [2.24, 2.45) is 11.8 Å². The third kappa shape index (κ3) is 7.44. The smallest absolute Gasteiger partial charge is 0.407 e. The lowest BCUT2D eigenvalue weighted by molar-refractivity contribution is -0.139. The fourth-order valence-electron chi connectivity index (χ4n) is 9.75. The molecule has 4 N–H and O–H groups in total. The van der Waals surface area contributed by atoms with Gasteiger partial charge >= 0.3 is 12.2 Å². The number of piperidine rings is 1. The van der Waals surface area contributed by atoms with Crippen LogP contribution in [0.1, 0.15) is 81.3 Å². The van der Waals surface area contributed by atoms with Gasteiger partial charge in [0, 0.05) is 18.0 Å². The summed E-state index contributed by atoms with van der Waals surface area (Å²) in [7, 11) is 2.59. The van der Waals surface area contributed by atoms with Gasteiger partial charge in [0.2, 0.25) is 5.91 Å². The highest BCUT2D eigenvalue weighted by Crippen LogP contribution is 2.50. The number of hydrogen-bond acceptors (Lipinski definition) is 8. The van der Waals surface area contributed by atoms with Gasteiger partial charge in [-0.05, 0) is 83.7 Å². The molecule has 0 radical (unpaired) electrons. The summed E-state index contributed by atoms with van der Waals surface area (Å²) in [6.45, 7) is 4.40. The molecule has 2 saturated heterocycles. The molecule has 14 nitrogen and oxygen atoms in total. The van der Waals surface area contributed by atoms with Crippen LogP contribution in [-0.4, -0.2) is 86.6 Å². The summed E-state index contributed by atoms with van der Waals surface area (Å²) in [4.78, 5) is 73.1. The van der Waals surface area contributed by atoms with Crippen LogP contribution in [0.5, 0.6) is 0 Å². The number of ether oxygens (including phenoxy) is 2. The molecule has 2 aliphatic heterocycles. The summed E-state index contributed by atoms with van der Waals surface area (Å²) in [6, 6.07) is 26.1. The van der Waals surface area contributed by atoms with Crippen LogP contribution in [-0.2, 0) is 19.1 Å². The van der Waals surface area contributed by atoms with Gasteiger partial charge in [-0.15, -0.1) is 0 Å². The molecule has 9 rings (SSSR count). The zero-order chi connectivity index (χ0) is 42.4. The lowest BCUT2D eigenvalue weighted by Gasteiger charge is -2.37. The van der Waals surface area contributed by atoms with E-state index in [4.69, 9.17) is 19.4 Å². The molecule has 3 aliphatic rings. The first-order chi connectivity index (χ1) is 29.6. The van der Waals surface area contributed by atoms with Crippen molar-refractivity contribution in [3.63, 3.8) is 0 Å². The van der Waals surface area contributed by atoms with E-state index in [0.29, 0.717) is 18.0 Å². The highest BCUT2D eigenvalue weighted by molar-refractivity contribution is 6.05. The Balaban J connectivity index is 0.927. The first-order valence-electron chi connectivity index (χ1n) is 21.1. The molecule has 6 atom stereocenters. The van der Waals surface area contributed by atoms with E-state index >= 15 is 0 Å². The molecular weight excluding hydrogens is 773 g/mol. The predicted octanol–water partition coefficient (Wildman–Crippen LogP) is 7.97. The Hall–Kier alpha value is -6.70. The number of nitrogens with one attached hydrogen (secondary N) is 4. The van der Waals surface area contributed by atoms with E-state index in [-0.39, 0.29) is 35.9 Å². The number of amides is 4. The van der Waals surface area contributed by atoms with Gasteiger partial charge in [0.05, 0.1) is 49.2 Å². The average Bonchev–Trinajstić information content (AvgIpc) is 4.15. The van der Waals surface area contributed by atoms with Crippen molar-refractivity contribution < 1.29 is 28.7 Å². The number of alkyl carbamates (subject to hydrolysis) is 2. The van der Waals surface area contributed by atoms with Gasteiger partial charge in [-0.3, -0.25) is 9.59 Å². The largest absolute Gasteiger partial charge is 0.453 e. The van der Waals surface area contributed by atoms with E-state index in [9.17, 15) is 19.2 Å². The van der Waals surface area contributed by atoms with E-state index < -0.39 is 24.3 Å². The fourth-order valence-corrected chi connectivity index (χ4v) is 9.75. The number of imidazole rings is 2. The Labute approximate surface area is 353 Å². The SMILES string of the molecule is COC(=O)N[C@H](C(=O)N1[C@@H]2CC[C@@H](C2)[C@H]1c1ncc(-c2ccc(-c3ccc4c(ccc5nc([C@@H]6CCCN6C(=O)[C@H](NC(=O)OC)c6ccccc6)[nH]c54)c3)cc2)[nH]1)C(C)C. The van der Waals surface area contributed by atoms with Gasteiger partial charge in [-0.1, -0.05) is 86.6 Å². The number of fused-ring (bicyclic) bond motifs is 5. The minimum atomic E-state index is -0.888. The van der Waals surface area contributed by atoms with E-state index in [1.807, 2.05) is 66.2 Å². The fraction of sp³-hybridized carbons (Fsp3) is 0.362. The number of likely N-dealkylation sites (tertiary alicyclic amines) is 2. The number of nitrogens with zero attached hydrogens (tertiary/aromatic N) is 4. The summed E-state index contributed by atoms with van der Waals surface area (Å²) in [6.07, 6.45) is 5.03. The van der Waals surface area contributed by atoms with E-state index in [2.05, 4.69) is 69.1 Å². The highest BCUT2D eigenvalue weighted by atomic mass is 16.5. The molecular formula is C47H50N8O6. The normalized spacial score (nSPS) is 20.6. The van der Waals surface area contributed by atoms with Crippen molar-refractivity contribution in [3.05, 3.63) is 108 Å². The first-order valence-corrected chi connectivity index (χ1v) is 21.1. The maximum absolute atomic E-state index is 14.1. The monoisotopic (exact) mass is 822 g/mol. The van der Waals surface area contributed by atoms with E-state index in [0.717, 1.165) is 87.9 Å². The van der Waals surface area contributed by atoms with Crippen molar-refractivity contribution in [1.29, 1.82) is 0 Å². The van der Waals surface area contributed by atoms with Crippen LogP contribution in [0.2, 0.25) is 0 Å². The Kier molecular flexibility index (Phi) is 10.7. The number of benzene rings is 4. The summed E-state index contributed by atoms with van der Waals surface area (Å²) in [5.41, 5.74) is 6.40. The van der Waals surface area contributed by atoms with Crippen LogP contribution in [0.25, 0.3) is 44.2 Å². The van der Waals surface area contributed by atoms with E-state index in [1.54, 1.807) is 0 Å². The molecule has 4 heterocycles. The summed E-state index contributed by atoms with van der Waals surface area (Å²) in [5, 5.41) is 7.58. The molecule has 6 aromatic rings. The average molecular weight is 823 g/mol. The van der Waals surface area contributed by atoms with Crippen LogP contribution in [0.4, 0.5) is 9.59 Å². The quantitative estimate of drug-likeness (QED) is 0.108. The number of aromatic amines is 2. The second-order valence-electron chi connectivity index (χ2n) is 16.7. The van der Waals surface area contributed by atoms with Crippen molar-refractivity contribution in [2.75, 3.05) is 20.8 Å². The molecule has 4 amide bonds. The zero-order valence-corrected chi connectivity index (χ0v) is 34.7. The third-order valence-corrected chi connectivity index (χ3v) is 12.8. The second kappa shape index (κ2) is 16.4. The number of carbonyl (C=O) groups excluding carboxylic acids is 4. The van der Waals surface area contributed by atoms with Crippen LogP contribution < -0.4 is 10.6 Å². The second-order valence-corrected chi connectivity index (χ2v) is 16.7. The Morgan fingerprint density at radius 1 is 0.787 bits per heavy atom. The van der Waals surface area contributed by atoms with Crippen molar-refractivity contribution in [2.45, 2.75) is 76.2 Å². The Bertz CT molecular complexity index is 2600. The molecule has 1 aliphatic carbocycles. The number of aromatic nitrogens is 4. The van der Waals surface area contributed by atoms with Gasteiger partial charge in [-0.2, -0.15) is 0 Å². The van der Waals surface area contributed by atoms with Gasteiger partial charge in [0.15, 0.2) is 0 Å². The molecule has 0 spiro atoms. The molecule has 2 aromatic heterocycles. The molecule has 1 saturated carbocycles. The number of rotatable bonds is 10. The molecule has 3 fully saturated rings. The maximum Gasteiger partial charge on any atom is 0.407 e. The topological polar surface area (TPSA) is 175 Å².